The van der Waals surface area contributed by atoms with Gasteiger partial charge in [0.25, 0.3) is 11.6 Å². The summed E-state index contributed by atoms with van der Waals surface area (Å²) in [5.74, 6) is 1.07. The molecule has 0 aliphatic rings. The molecule has 7 nitrogen and oxygen atoms in total. The van der Waals surface area contributed by atoms with Crippen molar-refractivity contribution in [1.29, 1.82) is 0 Å². The lowest BCUT2D eigenvalue weighted by molar-refractivity contribution is -0.384. The van der Waals surface area contributed by atoms with Crippen molar-refractivity contribution in [2.24, 2.45) is 0 Å². The van der Waals surface area contributed by atoms with Crippen LogP contribution in [0.4, 0.5) is 5.69 Å². The molecule has 2 rings (SSSR count). The van der Waals surface area contributed by atoms with Crippen molar-refractivity contribution < 1.29 is 18.9 Å². The zero-order valence-electron chi connectivity index (χ0n) is 11.8. The van der Waals surface area contributed by atoms with Crippen molar-refractivity contribution in [2.75, 3.05) is 12.3 Å². The van der Waals surface area contributed by atoms with Crippen molar-refractivity contribution in [3.05, 3.63) is 57.0 Å². The van der Waals surface area contributed by atoms with E-state index in [0.717, 1.165) is 0 Å². The Bertz CT molecular complexity index is 719. The summed E-state index contributed by atoms with van der Waals surface area (Å²) >= 11 is 9.92. The number of furan rings is 1. The average Bonchev–Trinajstić information content (AvgIpc) is 3.00. The van der Waals surface area contributed by atoms with E-state index in [0.29, 0.717) is 18.1 Å². The molecule has 122 valence electrons. The number of nitro benzene ring substituents is 1. The van der Waals surface area contributed by atoms with Gasteiger partial charge in [-0.15, -0.1) is 0 Å². The molecule has 0 saturated carbocycles. The van der Waals surface area contributed by atoms with Gasteiger partial charge in [0.15, 0.2) is 5.76 Å². The van der Waals surface area contributed by atoms with Crippen LogP contribution in [0.5, 0.6) is 5.75 Å². The maximum absolute atomic E-state index is 11.7. The number of nitrogens with zero attached hydrogens (tertiary/aromatic N) is 1. The standard InChI is InChI=1S/C14H13ClN2O5S/c15-11-7-9(17(19)20)1-3-12(11)21-8-10-2-4-13(22-10)14(18)16-5-6-23/h1-4,7,23H,5-6,8H2,(H,16,18). The van der Waals surface area contributed by atoms with Crippen LogP contribution in [-0.4, -0.2) is 23.1 Å². The van der Waals surface area contributed by atoms with Gasteiger partial charge in [-0.1, -0.05) is 11.6 Å². The second-order valence-electron chi connectivity index (χ2n) is 4.41. The van der Waals surface area contributed by atoms with Crippen molar-refractivity contribution in [3.8, 4) is 5.75 Å². The van der Waals surface area contributed by atoms with Gasteiger partial charge >= 0.3 is 0 Å². The Balaban J connectivity index is 1.97. The number of ether oxygens (including phenoxy) is 1. The van der Waals surface area contributed by atoms with E-state index in [4.69, 9.17) is 20.8 Å². The van der Waals surface area contributed by atoms with E-state index in [1.165, 1.54) is 24.3 Å². The van der Waals surface area contributed by atoms with Crippen molar-refractivity contribution in [1.82, 2.24) is 5.32 Å². The Hall–Kier alpha value is -2.19. The van der Waals surface area contributed by atoms with Crippen LogP contribution < -0.4 is 10.1 Å². The molecule has 0 aliphatic carbocycles. The lowest BCUT2D eigenvalue weighted by atomic mass is 10.3. The number of hydrogen-bond acceptors (Lipinski definition) is 6. The number of carbonyl (C=O) groups is 1. The second kappa shape index (κ2) is 7.89. The Morgan fingerprint density at radius 2 is 2.17 bits per heavy atom. The van der Waals surface area contributed by atoms with E-state index in [-0.39, 0.29) is 34.7 Å². The van der Waals surface area contributed by atoms with E-state index >= 15 is 0 Å². The largest absolute Gasteiger partial charge is 0.484 e. The van der Waals surface area contributed by atoms with Gasteiger partial charge in [-0.3, -0.25) is 14.9 Å². The number of nitro groups is 1. The third-order valence-corrected chi connectivity index (χ3v) is 3.30. The topological polar surface area (TPSA) is 94.6 Å². The first-order valence-corrected chi connectivity index (χ1v) is 7.57. The first-order valence-electron chi connectivity index (χ1n) is 6.55. The molecular weight excluding hydrogens is 344 g/mol. The van der Waals surface area contributed by atoms with Crippen molar-refractivity contribution in [2.45, 2.75) is 6.61 Å². The van der Waals surface area contributed by atoms with Crippen LogP contribution >= 0.6 is 24.2 Å². The third-order valence-electron chi connectivity index (χ3n) is 2.78. The summed E-state index contributed by atoms with van der Waals surface area (Å²) in [6, 6.07) is 7.04. The minimum Gasteiger partial charge on any atom is -0.484 e. The van der Waals surface area contributed by atoms with Crippen LogP contribution in [0.25, 0.3) is 0 Å². The Kier molecular flexibility index (Phi) is 5.89. The Morgan fingerprint density at radius 3 is 2.83 bits per heavy atom. The fourth-order valence-electron chi connectivity index (χ4n) is 1.70. The maximum Gasteiger partial charge on any atom is 0.287 e. The third kappa shape index (κ3) is 4.64. The highest BCUT2D eigenvalue weighted by atomic mass is 35.5. The summed E-state index contributed by atoms with van der Waals surface area (Å²) in [4.78, 5) is 21.8. The van der Waals surface area contributed by atoms with Crippen molar-refractivity contribution >= 4 is 35.8 Å². The Morgan fingerprint density at radius 1 is 1.39 bits per heavy atom. The van der Waals surface area contributed by atoms with Gasteiger partial charge in [-0.25, -0.2) is 0 Å². The zero-order chi connectivity index (χ0) is 16.8. The number of non-ortho nitro benzene ring substituents is 1. The van der Waals surface area contributed by atoms with Gasteiger partial charge in [-0.2, -0.15) is 12.6 Å². The van der Waals surface area contributed by atoms with Crippen LogP contribution in [-0.2, 0) is 6.61 Å². The first-order chi connectivity index (χ1) is 11.0. The van der Waals surface area contributed by atoms with Crippen LogP contribution in [0.15, 0.2) is 34.7 Å². The number of thiol groups is 1. The normalized spacial score (nSPS) is 10.3. The highest BCUT2D eigenvalue weighted by molar-refractivity contribution is 7.80. The highest BCUT2D eigenvalue weighted by Crippen LogP contribution is 2.29. The number of carbonyl (C=O) groups excluding carboxylic acids is 1. The van der Waals surface area contributed by atoms with E-state index in [1.807, 2.05) is 0 Å². The predicted molar refractivity (Wildman–Crippen MR) is 87.3 cm³/mol. The molecule has 2 aromatic rings. The summed E-state index contributed by atoms with van der Waals surface area (Å²) in [7, 11) is 0. The molecule has 1 heterocycles. The SMILES string of the molecule is O=C(NCCS)c1ccc(COc2ccc([N+](=O)[O-])cc2Cl)o1. The smallest absolute Gasteiger partial charge is 0.287 e. The van der Waals surface area contributed by atoms with Crippen LogP contribution in [0.1, 0.15) is 16.3 Å². The number of halogens is 1. The zero-order valence-corrected chi connectivity index (χ0v) is 13.5. The summed E-state index contributed by atoms with van der Waals surface area (Å²) in [6.45, 7) is 0.476. The molecule has 23 heavy (non-hydrogen) atoms. The number of hydrogen-bond donors (Lipinski definition) is 2. The molecule has 9 heteroatoms. The minimum atomic E-state index is -0.544. The molecule has 0 unspecified atom stereocenters. The molecule has 1 aromatic carbocycles. The van der Waals surface area contributed by atoms with Gasteiger partial charge in [0.05, 0.1) is 9.95 Å². The molecule has 0 radical (unpaired) electrons. The minimum absolute atomic E-state index is 0.0391. The molecule has 0 fully saturated rings. The molecule has 1 amide bonds. The van der Waals surface area contributed by atoms with E-state index < -0.39 is 4.92 Å². The quantitative estimate of drug-likeness (QED) is 0.451. The van der Waals surface area contributed by atoms with Crippen LogP contribution in [0.3, 0.4) is 0 Å². The predicted octanol–water partition coefficient (Wildman–Crippen LogP) is 3.08. The summed E-state index contributed by atoms with van der Waals surface area (Å²) in [6.07, 6.45) is 0. The molecule has 0 atom stereocenters. The monoisotopic (exact) mass is 356 g/mol. The lowest BCUT2D eigenvalue weighted by Gasteiger charge is -2.06. The van der Waals surface area contributed by atoms with Gasteiger partial charge in [0, 0.05) is 24.4 Å². The average molecular weight is 357 g/mol. The molecule has 1 N–H and O–H groups in total. The molecule has 0 aliphatic heterocycles. The molecule has 0 spiro atoms. The van der Waals surface area contributed by atoms with Gasteiger partial charge in [0.1, 0.15) is 18.1 Å². The van der Waals surface area contributed by atoms with E-state index in [2.05, 4.69) is 17.9 Å². The number of benzene rings is 1. The molecule has 0 saturated heterocycles. The Labute approximate surface area is 142 Å². The van der Waals surface area contributed by atoms with E-state index in [1.54, 1.807) is 6.07 Å². The highest BCUT2D eigenvalue weighted by Gasteiger charge is 2.13. The summed E-state index contributed by atoms with van der Waals surface area (Å²) in [5, 5.41) is 13.4. The van der Waals surface area contributed by atoms with Gasteiger partial charge < -0.3 is 14.5 Å². The van der Waals surface area contributed by atoms with Crippen molar-refractivity contribution in [3.63, 3.8) is 0 Å². The second-order valence-corrected chi connectivity index (χ2v) is 5.26. The van der Waals surface area contributed by atoms with E-state index in [9.17, 15) is 14.9 Å². The van der Waals surface area contributed by atoms with Gasteiger partial charge in [0.2, 0.25) is 0 Å². The summed E-state index contributed by atoms with van der Waals surface area (Å²) in [5.41, 5.74) is -0.122. The summed E-state index contributed by atoms with van der Waals surface area (Å²) < 4.78 is 10.8. The lowest BCUT2D eigenvalue weighted by Crippen LogP contribution is -2.24. The fourth-order valence-corrected chi connectivity index (χ4v) is 2.04. The number of amides is 1. The van der Waals surface area contributed by atoms with Crippen LogP contribution in [0.2, 0.25) is 5.02 Å². The molecule has 0 bridgehead atoms. The molecular formula is C14H13ClN2O5S. The first kappa shape index (κ1) is 17.2. The number of rotatable bonds is 7. The number of nitrogens with one attached hydrogen (secondary N) is 1. The molecule has 1 aromatic heterocycles. The fraction of sp³-hybridized carbons (Fsp3) is 0.214. The van der Waals surface area contributed by atoms with Gasteiger partial charge in [-0.05, 0) is 18.2 Å². The van der Waals surface area contributed by atoms with Crippen LogP contribution in [0, 0.1) is 10.1 Å². The maximum atomic E-state index is 11.7.